The third-order valence-corrected chi connectivity index (χ3v) is 5.17. The quantitative estimate of drug-likeness (QED) is 0.815. The van der Waals surface area contributed by atoms with Crippen LogP contribution in [0.2, 0.25) is 0 Å². The van der Waals surface area contributed by atoms with Crippen molar-refractivity contribution in [2.45, 2.75) is 17.9 Å². The summed E-state index contributed by atoms with van der Waals surface area (Å²) in [5, 5.41) is 3.21. The number of hydrogen-bond donors (Lipinski definition) is 2. The highest BCUT2D eigenvalue weighted by molar-refractivity contribution is 7.89. The zero-order chi connectivity index (χ0) is 16.3. The summed E-state index contributed by atoms with van der Waals surface area (Å²) < 4.78 is 31.5. The SMILES string of the molecule is CNS(=O)(=O)c1cc(C(=O)N2CCNCC2C)ccc1OC. The summed E-state index contributed by atoms with van der Waals surface area (Å²) >= 11 is 0. The molecule has 1 saturated heterocycles. The van der Waals surface area contributed by atoms with E-state index in [9.17, 15) is 13.2 Å². The van der Waals surface area contributed by atoms with Gasteiger partial charge in [0.25, 0.3) is 5.91 Å². The lowest BCUT2D eigenvalue weighted by Gasteiger charge is -2.34. The topological polar surface area (TPSA) is 87.7 Å². The van der Waals surface area contributed by atoms with Gasteiger partial charge in [-0.25, -0.2) is 13.1 Å². The third-order valence-electron chi connectivity index (χ3n) is 3.73. The molecule has 1 aromatic carbocycles. The summed E-state index contributed by atoms with van der Waals surface area (Å²) in [4.78, 5) is 14.3. The average molecular weight is 327 g/mol. The van der Waals surface area contributed by atoms with Gasteiger partial charge in [0.1, 0.15) is 10.6 Å². The van der Waals surface area contributed by atoms with Crippen LogP contribution in [0.1, 0.15) is 17.3 Å². The minimum atomic E-state index is -3.70. The molecule has 0 aliphatic carbocycles. The molecule has 122 valence electrons. The molecule has 1 aromatic rings. The number of nitrogens with one attached hydrogen (secondary N) is 2. The molecule has 1 amide bonds. The zero-order valence-corrected chi connectivity index (χ0v) is 13.7. The van der Waals surface area contributed by atoms with Gasteiger partial charge in [-0.15, -0.1) is 0 Å². The molecule has 1 aliphatic heterocycles. The number of rotatable bonds is 4. The van der Waals surface area contributed by atoms with E-state index in [1.165, 1.54) is 26.3 Å². The number of piperazine rings is 1. The molecule has 1 unspecified atom stereocenters. The Kier molecular flexibility index (Phi) is 5.05. The second-order valence-corrected chi connectivity index (χ2v) is 6.98. The number of ether oxygens (including phenoxy) is 1. The lowest BCUT2D eigenvalue weighted by molar-refractivity contribution is 0.0655. The van der Waals surface area contributed by atoms with E-state index < -0.39 is 10.0 Å². The lowest BCUT2D eigenvalue weighted by Crippen LogP contribution is -2.52. The van der Waals surface area contributed by atoms with Crippen molar-refractivity contribution in [2.75, 3.05) is 33.8 Å². The predicted molar refractivity (Wildman–Crippen MR) is 82.6 cm³/mol. The molecule has 8 heteroatoms. The summed E-state index contributed by atoms with van der Waals surface area (Å²) in [5.41, 5.74) is 0.336. The van der Waals surface area contributed by atoms with Gasteiger partial charge in [0.15, 0.2) is 0 Å². The molecule has 22 heavy (non-hydrogen) atoms. The normalized spacial score (nSPS) is 19.0. The highest BCUT2D eigenvalue weighted by Crippen LogP contribution is 2.25. The van der Waals surface area contributed by atoms with Gasteiger partial charge in [-0.1, -0.05) is 0 Å². The third kappa shape index (κ3) is 3.23. The summed E-state index contributed by atoms with van der Waals surface area (Å²) in [6.07, 6.45) is 0. The summed E-state index contributed by atoms with van der Waals surface area (Å²) in [7, 11) is -0.985. The summed E-state index contributed by atoms with van der Waals surface area (Å²) in [6, 6.07) is 4.52. The van der Waals surface area contributed by atoms with Crippen molar-refractivity contribution in [3.05, 3.63) is 23.8 Å². The van der Waals surface area contributed by atoms with Crippen LogP contribution in [-0.4, -0.2) is 59.1 Å². The first-order valence-corrected chi connectivity index (χ1v) is 8.52. The van der Waals surface area contributed by atoms with Crippen molar-refractivity contribution in [3.63, 3.8) is 0 Å². The van der Waals surface area contributed by atoms with Crippen molar-refractivity contribution < 1.29 is 17.9 Å². The van der Waals surface area contributed by atoms with Crippen molar-refractivity contribution in [1.82, 2.24) is 14.9 Å². The molecule has 2 rings (SSSR count). The fraction of sp³-hybridized carbons (Fsp3) is 0.500. The standard InChI is InChI=1S/C14H21N3O4S/c1-10-9-16-6-7-17(10)14(18)11-4-5-12(21-3)13(8-11)22(19,20)15-2/h4-5,8,10,15-16H,6-7,9H2,1-3H3. The summed E-state index contributed by atoms with van der Waals surface area (Å²) in [5.74, 6) is 0.0310. The number of nitrogens with zero attached hydrogens (tertiary/aromatic N) is 1. The Morgan fingerprint density at radius 3 is 2.77 bits per heavy atom. The van der Waals surface area contributed by atoms with Gasteiger partial charge < -0.3 is 15.0 Å². The van der Waals surface area contributed by atoms with Crippen LogP contribution < -0.4 is 14.8 Å². The van der Waals surface area contributed by atoms with E-state index in [1.807, 2.05) is 6.92 Å². The van der Waals surface area contributed by atoms with Gasteiger partial charge in [0, 0.05) is 31.2 Å². The number of sulfonamides is 1. The predicted octanol–water partition coefficient (Wildman–Crippen LogP) is 0.0372. The molecule has 1 fully saturated rings. The van der Waals surface area contributed by atoms with Crippen molar-refractivity contribution in [1.29, 1.82) is 0 Å². The first-order chi connectivity index (χ1) is 10.4. The molecule has 0 bridgehead atoms. The minimum Gasteiger partial charge on any atom is -0.495 e. The lowest BCUT2D eigenvalue weighted by atomic mass is 10.1. The monoisotopic (exact) mass is 327 g/mol. The minimum absolute atomic E-state index is 0.0360. The molecule has 0 spiro atoms. The van der Waals surface area contributed by atoms with E-state index in [2.05, 4.69) is 10.0 Å². The Hall–Kier alpha value is -1.64. The van der Waals surface area contributed by atoms with E-state index in [-0.39, 0.29) is 22.6 Å². The van der Waals surface area contributed by atoms with Gasteiger partial charge in [0.05, 0.1) is 7.11 Å². The Morgan fingerprint density at radius 2 is 2.18 bits per heavy atom. The molecule has 1 heterocycles. The van der Waals surface area contributed by atoms with E-state index in [0.717, 1.165) is 13.1 Å². The van der Waals surface area contributed by atoms with E-state index >= 15 is 0 Å². The van der Waals surface area contributed by atoms with Crippen LogP contribution in [-0.2, 0) is 10.0 Å². The largest absolute Gasteiger partial charge is 0.495 e. The average Bonchev–Trinajstić information content (AvgIpc) is 2.54. The number of methoxy groups -OCH3 is 1. The zero-order valence-electron chi connectivity index (χ0n) is 12.9. The van der Waals surface area contributed by atoms with Crippen LogP contribution >= 0.6 is 0 Å². The van der Waals surface area contributed by atoms with Gasteiger partial charge >= 0.3 is 0 Å². The van der Waals surface area contributed by atoms with Gasteiger partial charge in [-0.05, 0) is 32.2 Å². The second kappa shape index (κ2) is 6.64. The molecular weight excluding hydrogens is 306 g/mol. The number of carbonyl (C=O) groups excluding carboxylic acids is 1. The molecule has 0 saturated carbocycles. The maximum atomic E-state index is 12.6. The van der Waals surface area contributed by atoms with Crippen LogP contribution in [0.15, 0.2) is 23.1 Å². The van der Waals surface area contributed by atoms with Gasteiger partial charge in [-0.3, -0.25) is 4.79 Å². The maximum Gasteiger partial charge on any atom is 0.254 e. The fourth-order valence-corrected chi connectivity index (χ4v) is 3.36. The van der Waals surface area contributed by atoms with Crippen LogP contribution in [0.25, 0.3) is 0 Å². The Morgan fingerprint density at radius 1 is 1.45 bits per heavy atom. The number of hydrogen-bond acceptors (Lipinski definition) is 5. The molecule has 1 aliphatic rings. The van der Waals surface area contributed by atoms with Gasteiger partial charge in [0.2, 0.25) is 10.0 Å². The van der Waals surface area contributed by atoms with Crippen LogP contribution in [0.4, 0.5) is 0 Å². The molecule has 0 aromatic heterocycles. The Balaban J connectivity index is 2.40. The maximum absolute atomic E-state index is 12.6. The molecule has 2 N–H and O–H groups in total. The van der Waals surface area contributed by atoms with Crippen molar-refractivity contribution >= 4 is 15.9 Å². The molecule has 1 atom stereocenters. The first-order valence-electron chi connectivity index (χ1n) is 7.04. The van der Waals surface area contributed by atoms with Crippen LogP contribution in [0.3, 0.4) is 0 Å². The van der Waals surface area contributed by atoms with Crippen molar-refractivity contribution in [3.8, 4) is 5.75 Å². The smallest absolute Gasteiger partial charge is 0.254 e. The van der Waals surface area contributed by atoms with Crippen LogP contribution in [0.5, 0.6) is 5.75 Å². The highest BCUT2D eigenvalue weighted by Gasteiger charge is 2.26. The fourth-order valence-electron chi connectivity index (χ4n) is 2.44. The molecule has 0 radical (unpaired) electrons. The number of benzene rings is 1. The number of amides is 1. The second-order valence-electron chi connectivity index (χ2n) is 5.12. The van der Waals surface area contributed by atoms with E-state index in [1.54, 1.807) is 11.0 Å². The van der Waals surface area contributed by atoms with Crippen LogP contribution in [0, 0.1) is 0 Å². The van der Waals surface area contributed by atoms with E-state index in [4.69, 9.17) is 4.74 Å². The van der Waals surface area contributed by atoms with Crippen molar-refractivity contribution in [2.24, 2.45) is 0 Å². The Bertz CT molecular complexity index is 660. The molecular formula is C14H21N3O4S. The van der Waals surface area contributed by atoms with E-state index in [0.29, 0.717) is 12.1 Å². The highest BCUT2D eigenvalue weighted by atomic mass is 32.2. The summed E-state index contributed by atoms with van der Waals surface area (Å²) in [6.45, 7) is 4.01. The van der Waals surface area contributed by atoms with Gasteiger partial charge in [-0.2, -0.15) is 0 Å². The first kappa shape index (κ1) is 16.7. The molecule has 7 nitrogen and oxygen atoms in total. The number of carbonyl (C=O) groups is 1. The Labute approximate surface area is 130 Å².